The summed E-state index contributed by atoms with van der Waals surface area (Å²) in [6.07, 6.45) is -2.95. The van der Waals surface area contributed by atoms with Crippen LogP contribution in [-0.4, -0.2) is 22.4 Å². The van der Waals surface area contributed by atoms with E-state index in [1.165, 1.54) is 6.07 Å². The predicted octanol–water partition coefficient (Wildman–Crippen LogP) is 2.61. The first-order valence-electron chi connectivity index (χ1n) is 7.91. The van der Waals surface area contributed by atoms with Gasteiger partial charge in [-0.1, -0.05) is 0 Å². The van der Waals surface area contributed by atoms with Gasteiger partial charge in [-0.25, -0.2) is 4.98 Å². The van der Waals surface area contributed by atoms with E-state index in [0.717, 1.165) is 11.8 Å². The summed E-state index contributed by atoms with van der Waals surface area (Å²) in [5.41, 5.74) is 2.61. The highest BCUT2D eigenvalue weighted by atomic mass is 19.4. The monoisotopic (exact) mass is 348 g/mol. The quantitative estimate of drug-likeness (QED) is 0.861. The second-order valence-electron chi connectivity index (χ2n) is 6.30. The van der Waals surface area contributed by atoms with Crippen molar-refractivity contribution in [2.45, 2.75) is 32.6 Å². The Morgan fingerprint density at radius 3 is 2.80 bits per heavy atom. The van der Waals surface area contributed by atoms with E-state index in [-0.39, 0.29) is 5.91 Å². The van der Waals surface area contributed by atoms with E-state index >= 15 is 0 Å². The van der Waals surface area contributed by atoms with Crippen LogP contribution in [0.15, 0.2) is 18.3 Å². The van der Waals surface area contributed by atoms with Crippen molar-refractivity contribution in [3.8, 4) is 0 Å². The molecule has 0 fully saturated rings. The van der Waals surface area contributed by atoms with E-state index in [9.17, 15) is 18.0 Å². The fraction of sp³-hybridized carbons (Fsp3) is 0.353. The Balaban J connectivity index is 1.68. The molecule has 130 valence electrons. The summed E-state index contributed by atoms with van der Waals surface area (Å²) in [4.78, 5) is 22.2. The number of rotatable bonds is 1. The fourth-order valence-corrected chi connectivity index (χ4v) is 3.31. The van der Waals surface area contributed by atoms with Crippen LogP contribution in [0.1, 0.15) is 38.4 Å². The first-order chi connectivity index (χ1) is 11.8. The lowest BCUT2D eigenvalue weighted by molar-refractivity contribution is -0.137. The van der Waals surface area contributed by atoms with Gasteiger partial charge in [-0.2, -0.15) is 13.2 Å². The van der Waals surface area contributed by atoms with Crippen molar-refractivity contribution in [3.05, 3.63) is 52.0 Å². The zero-order valence-electron chi connectivity index (χ0n) is 13.4. The third kappa shape index (κ3) is 2.71. The van der Waals surface area contributed by atoms with Crippen LogP contribution in [0.3, 0.4) is 0 Å². The van der Waals surface area contributed by atoms with Gasteiger partial charge in [-0.3, -0.25) is 9.78 Å². The average molecular weight is 348 g/mol. The molecule has 2 aliphatic rings. The Bertz CT molecular complexity index is 879. The van der Waals surface area contributed by atoms with Crippen molar-refractivity contribution in [2.24, 2.45) is 0 Å². The molecule has 0 radical (unpaired) electrons. The number of pyridine rings is 2. The Morgan fingerprint density at radius 1 is 1.24 bits per heavy atom. The summed E-state index contributed by atoms with van der Waals surface area (Å²) < 4.78 is 38.8. The molecule has 4 rings (SSSR count). The van der Waals surface area contributed by atoms with Crippen LogP contribution in [0.4, 0.5) is 19.0 Å². The number of aromatic nitrogens is 2. The van der Waals surface area contributed by atoms with Gasteiger partial charge < -0.3 is 10.2 Å². The molecule has 0 bridgehead atoms. The molecule has 5 nitrogen and oxygen atoms in total. The Hall–Kier alpha value is -2.64. The van der Waals surface area contributed by atoms with Crippen LogP contribution >= 0.6 is 0 Å². The minimum Gasteiger partial charge on any atom is -0.352 e. The van der Waals surface area contributed by atoms with Crippen molar-refractivity contribution < 1.29 is 18.0 Å². The van der Waals surface area contributed by atoms with Gasteiger partial charge in [0.1, 0.15) is 5.82 Å². The SMILES string of the molecule is Cc1cc2c(nc1N1CCc3ncc(C(F)(F)F)cc3C1)CNC2=O. The van der Waals surface area contributed by atoms with Crippen LogP contribution in [0.2, 0.25) is 0 Å². The summed E-state index contributed by atoms with van der Waals surface area (Å²) in [7, 11) is 0. The van der Waals surface area contributed by atoms with Crippen LogP contribution < -0.4 is 10.2 Å². The van der Waals surface area contributed by atoms with Gasteiger partial charge in [0.25, 0.3) is 5.91 Å². The number of hydrogen-bond acceptors (Lipinski definition) is 4. The molecule has 1 N–H and O–H groups in total. The summed E-state index contributed by atoms with van der Waals surface area (Å²) in [6, 6.07) is 2.96. The molecule has 0 unspecified atom stereocenters. The third-order valence-electron chi connectivity index (χ3n) is 4.59. The highest BCUT2D eigenvalue weighted by molar-refractivity contribution is 5.98. The Kier molecular flexibility index (Phi) is 3.45. The standard InChI is InChI=1S/C17H15F3N4O/c1-9-4-12-14(7-22-16(12)25)23-15(9)24-3-2-13-10(8-24)5-11(6-21-13)17(18,19)20/h4-6H,2-3,7-8H2,1H3,(H,22,25). The fourth-order valence-electron chi connectivity index (χ4n) is 3.31. The predicted molar refractivity (Wildman–Crippen MR) is 84.1 cm³/mol. The van der Waals surface area contributed by atoms with Crippen molar-refractivity contribution in [2.75, 3.05) is 11.4 Å². The zero-order chi connectivity index (χ0) is 17.8. The minimum atomic E-state index is -4.40. The zero-order valence-corrected chi connectivity index (χ0v) is 13.4. The number of amides is 1. The number of carbonyl (C=O) groups is 1. The molecule has 0 aromatic carbocycles. The normalized spacial score (nSPS) is 16.5. The molecule has 0 aliphatic carbocycles. The lowest BCUT2D eigenvalue weighted by Gasteiger charge is -2.31. The number of nitrogens with zero attached hydrogens (tertiary/aromatic N) is 3. The lowest BCUT2D eigenvalue weighted by atomic mass is 10.0. The molecule has 2 aromatic rings. The van der Waals surface area contributed by atoms with Gasteiger partial charge in [0, 0.05) is 31.4 Å². The largest absolute Gasteiger partial charge is 0.417 e. The summed E-state index contributed by atoms with van der Waals surface area (Å²) >= 11 is 0. The van der Waals surface area contributed by atoms with Gasteiger partial charge in [0.2, 0.25) is 0 Å². The van der Waals surface area contributed by atoms with Crippen molar-refractivity contribution in [1.82, 2.24) is 15.3 Å². The molecule has 0 saturated carbocycles. The smallest absolute Gasteiger partial charge is 0.352 e. The first kappa shape index (κ1) is 15.9. The second kappa shape index (κ2) is 5.44. The number of alkyl halides is 3. The van der Waals surface area contributed by atoms with E-state index in [1.54, 1.807) is 6.07 Å². The topological polar surface area (TPSA) is 58.1 Å². The maximum Gasteiger partial charge on any atom is 0.417 e. The molecule has 8 heteroatoms. The van der Waals surface area contributed by atoms with Crippen LogP contribution in [0.25, 0.3) is 0 Å². The molecule has 2 aromatic heterocycles. The summed E-state index contributed by atoms with van der Waals surface area (Å²) in [5, 5.41) is 2.73. The third-order valence-corrected chi connectivity index (χ3v) is 4.59. The number of anilines is 1. The molecule has 4 heterocycles. The van der Waals surface area contributed by atoms with Crippen LogP contribution in [-0.2, 0) is 25.7 Å². The summed E-state index contributed by atoms with van der Waals surface area (Å²) in [6.45, 7) is 3.18. The Labute approximate surface area is 141 Å². The molecular formula is C17H15F3N4O. The van der Waals surface area contributed by atoms with Crippen molar-refractivity contribution >= 4 is 11.7 Å². The number of nitrogens with one attached hydrogen (secondary N) is 1. The second-order valence-corrected chi connectivity index (χ2v) is 6.30. The molecule has 25 heavy (non-hydrogen) atoms. The molecule has 0 atom stereocenters. The molecule has 2 aliphatic heterocycles. The number of carbonyl (C=O) groups excluding carboxylic acids is 1. The Morgan fingerprint density at radius 2 is 2.04 bits per heavy atom. The van der Waals surface area contributed by atoms with Gasteiger partial charge in [-0.05, 0) is 30.2 Å². The number of fused-ring (bicyclic) bond motifs is 2. The first-order valence-corrected chi connectivity index (χ1v) is 7.91. The van der Waals surface area contributed by atoms with Gasteiger partial charge in [0.15, 0.2) is 0 Å². The molecule has 0 spiro atoms. The van der Waals surface area contributed by atoms with Gasteiger partial charge >= 0.3 is 6.18 Å². The van der Waals surface area contributed by atoms with E-state index in [0.29, 0.717) is 54.4 Å². The van der Waals surface area contributed by atoms with Gasteiger partial charge in [0.05, 0.1) is 23.4 Å². The summed E-state index contributed by atoms with van der Waals surface area (Å²) in [5.74, 6) is 0.568. The molecule has 1 amide bonds. The number of hydrogen-bond donors (Lipinski definition) is 1. The van der Waals surface area contributed by atoms with Crippen molar-refractivity contribution in [1.29, 1.82) is 0 Å². The van der Waals surface area contributed by atoms with E-state index in [1.807, 2.05) is 11.8 Å². The molecular weight excluding hydrogens is 333 g/mol. The van der Waals surface area contributed by atoms with E-state index in [2.05, 4.69) is 15.3 Å². The van der Waals surface area contributed by atoms with Crippen LogP contribution in [0, 0.1) is 6.92 Å². The van der Waals surface area contributed by atoms with E-state index < -0.39 is 11.7 Å². The van der Waals surface area contributed by atoms with Crippen molar-refractivity contribution in [3.63, 3.8) is 0 Å². The van der Waals surface area contributed by atoms with Gasteiger partial charge in [-0.15, -0.1) is 0 Å². The van der Waals surface area contributed by atoms with E-state index in [4.69, 9.17) is 0 Å². The average Bonchev–Trinajstić information content (AvgIpc) is 2.92. The number of aryl methyl sites for hydroxylation is 1. The highest BCUT2D eigenvalue weighted by Crippen LogP contribution is 2.32. The minimum absolute atomic E-state index is 0.139. The maximum atomic E-state index is 12.9. The molecule has 0 saturated heterocycles. The van der Waals surface area contributed by atoms with Crippen LogP contribution in [0.5, 0.6) is 0 Å². The lowest BCUT2D eigenvalue weighted by Crippen LogP contribution is -2.32. The number of halogens is 3. The highest BCUT2D eigenvalue weighted by Gasteiger charge is 2.33. The maximum absolute atomic E-state index is 12.9.